The summed E-state index contributed by atoms with van der Waals surface area (Å²) in [5.74, 6) is 0.666. The number of rotatable bonds is 4. The van der Waals surface area contributed by atoms with Crippen LogP contribution in [-0.4, -0.2) is 6.54 Å². The molecule has 100 valence electrons. The monoisotopic (exact) mass is 249 g/mol. The maximum atomic E-state index is 13.1. The van der Waals surface area contributed by atoms with Gasteiger partial charge in [0, 0.05) is 6.04 Å². The van der Waals surface area contributed by atoms with Crippen LogP contribution in [0.25, 0.3) is 0 Å². The molecule has 2 rings (SSSR count). The van der Waals surface area contributed by atoms with E-state index >= 15 is 0 Å². The molecule has 1 aromatic carbocycles. The second kappa shape index (κ2) is 6.89. The van der Waals surface area contributed by atoms with Crippen molar-refractivity contribution in [2.45, 2.75) is 51.5 Å². The van der Waals surface area contributed by atoms with Crippen molar-refractivity contribution in [3.8, 4) is 0 Å². The maximum Gasteiger partial charge on any atom is 0.123 e. The van der Waals surface area contributed by atoms with Gasteiger partial charge in [0.15, 0.2) is 0 Å². The Balaban J connectivity index is 1.82. The zero-order valence-corrected chi connectivity index (χ0v) is 11.3. The zero-order chi connectivity index (χ0) is 12.8. The predicted octanol–water partition coefficient (Wildman–Crippen LogP) is 4.45. The fourth-order valence-corrected chi connectivity index (χ4v) is 2.81. The summed E-state index contributed by atoms with van der Waals surface area (Å²) in [7, 11) is 0. The van der Waals surface area contributed by atoms with Gasteiger partial charge in [-0.05, 0) is 49.9 Å². The van der Waals surface area contributed by atoms with Crippen LogP contribution in [0.4, 0.5) is 4.39 Å². The maximum absolute atomic E-state index is 13.1. The first-order valence-corrected chi connectivity index (χ1v) is 7.24. The van der Waals surface area contributed by atoms with Crippen molar-refractivity contribution in [1.29, 1.82) is 0 Å². The molecule has 2 heteroatoms. The first-order chi connectivity index (χ1) is 8.75. The van der Waals surface area contributed by atoms with Gasteiger partial charge < -0.3 is 5.32 Å². The normalized spacial score (nSPS) is 19.4. The molecule has 0 radical (unpaired) electrons. The first kappa shape index (κ1) is 13.5. The Morgan fingerprint density at radius 1 is 1.22 bits per heavy atom. The van der Waals surface area contributed by atoms with Gasteiger partial charge >= 0.3 is 0 Å². The van der Waals surface area contributed by atoms with E-state index in [0.717, 1.165) is 18.0 Å². The lowest BCUT2D eigenvalue weighted by Crippen LogP contribution is -2.25. The molecule has 1 atom stereocenters. The van der Waals surface area contributed by atoms with Gasteiger partial charge in [-0.3, -0.25) is 0 Å². The number of halogens is 1. The summed E-state index contributed by atoms with van der Waals surface area (Å²) in [5.41, 5.74) is 1.05. The van der Waals surface area contributed by atoms with E-state index in [2.05, 4.69) is 12.2 Å². The SMILES string of the molecule is CC(NCC1CCCCCC1)c1cccc(F)c1. The molecule has 1 N–H and O–H groups in total. The summed E-state index contributed by atoms with van der Waals surface area (Å²) in [6.45, 7) is 3.18. The van der Waals surface area contributed by atoms with E-state index in [-0.39, 0.29) is 11.9 Å². The molecule has 1 nitrogen and oxygen atoms in total. The van der Waals surface area contributed by atoms with Crippen LogP contribution in [0.15, 0.2) is 24.3 Å². The number of benzene rings is 1. The van der Waals surface area contributed by atoms with Crippen molar-refractivity contribution >= 4 is 0 Å². The summed E-state index contributed by atoms with van der Waals surface area (Å²) >= 11 is 0. The van der Waals surface area contributed by atoms with Crippen LogP contribution >= 0.6 is 0 Å². The van der Waals surface area contributed by atoms with Gasteiger partial charge in [0.05, 0.1) is 0 Å². The molecule has 0 amide bonds. The largest absolute Gasteiger partial charge is 0.310 e. The Labute approximate surface area is 110 Å². The highest BCUT2D eigenvalue weighted by atomic mass is 19.1. The quantitative estimate of drug-likeness (QED) is 0.777. The minimum atomic E-state index is -0.143. The number of nitrogens with one attached hydrogen (secondary N) is 1. The Morgan fingerprint density at radius 3 is 2.61 bits per heavy atom. The van der Waals surface area contributed by atoms with Crippen LogP contribution in [0, 0.1) is 11.7 Å². The highest BCUT2D eigenvalue weighted by Crippen LogP contribution is 2.23. The average Bonchev–Trinajstić information content (AvgIpc) is 2.64. The standard InChI is InChI=1S/C16H24FN/c1-13(15-9-6-10-16(17)11-15)18-12-14-7-4-2-3-5-8-14/h6,9-11,13-14,18H,2-5,7-8,12H2,1H3. The zero-order valence-electron chi connectivity index (χ0n) is 11.3. The van der Waals surface area contributed by atoms with Crippen molar-refractivity contribution in [1.82, 2.24) is 5.32 Å². The fraction of sp³-hybridized carbons (Fsp3) is 0.625. The number of hydrogen-bond acceptors (Lipinski definition) is 1. The lowest BCUT2D eigenvalue weighted by atomic mass is 9.99. The topological polar surface area (TPSA) is 12.0 Å². The van der Waals surface area contributed by atoms with Gasteiger partial charge in [-0.15, -0.1) is 0 Å². The van der Waals surface area contributed by atoms with Crippen LogP contribution in [0.1, 0.15) is 57.1 Å². The lowest BCUT2D eigenvalue weighted by molar-refractivity contribution is 0.402. The molecule has 18 heavy (non-hydrogen) atoms. The third-order valence-electron chi connectivity index (χ3n) is 4.04. The van der Waals surface area contributed by atoms with Gasteiger partial charge in [0.25, 0.3) is 0 Å². The third-order valence-corrected chi connectivity index (χ3v) is 4.04. The Morgan fingerprint density at radius 2 is 1.94 bits per heavy atom. The Hall–Kier alpha value is -0.890. The molecule has 0 aliphatic heterocycles. The molecule has 0 saturated heterocycles. The Kier molecular flexibility index (Phi) is 5.18. The van der Waals surface area contributed by atoms with Gasteiger partial charge in [-0.2, -0.15) is 0 Å². The summed E-state index contributed by atoms with van der Waals surface area (Å²) in [4.78, 5) is 0. The summed E-state index contributed by atoms with van der Waals surface area (Å²) in [6.07, 6.45) is 8.25. The summed E-state index contributed by atoms with van der Waals surface area (Å²) in [6, 6.07) is 7.15. The van der Waals surface area contributed by atoms with Gasteiger partial charge in [0.2, 0.25) is 0 Å². The van der Waals surface area contributed by atoms with Gasteiger partial charge in [-0.1, -0.05) is 37.8 Å². The third kappa shape index (κ3) is 4.09. The molecule has 0 heterocycles. The first-order valence-electron chi connectivity index (χ1n) is 7.24. The second-order valence-corrected chi connectivity index (χ2v) is 5.54. The van der Waals surface area contributed by atoms with Gasteiger partial charge in [0.1, 0.15) is 5.82 Å². The van der Waals surface area contributed by atoms with Crippen LogP contribution in [0.2, 0.25) is 0 Å². The van der Waals surface area contributed by atoms with Crippen molar-refractivity contribution in [3.63, 3.8) is 0 Å². The molecule has 1 unspecified atom stereocenters. The molecule has 1 aliphatic rings. The number of hydrogen-bond donors (Lipinski definition) is 1. The fourth-order valence-electron chi connectivity index (χ4n) is 2.81. The Bertz CT molecular complexity index is 356. The molecular formula is C16H24FN. The predicted molar refractivity (Wildman–Crippen MR) is 74.0 cm³/mol. The van der Waals surface area contributed by atoms with Crippen LogP contribution in [0.3, 0.4) is 0 Å². The van der Waals surface area contributed by atoms with E-state index in [1.807, 2.05) is 6.07 Å². The molecular weight excluding hydrogens is 225 g/mol. The van der Waals surface area contributed by atoms with Crippen molar-refractivity contribution in [2.24, 2.45) is 5.92 Å². The van der Waals surface area contributed by atoms with Crippen molar-refractivity contribution < 1.29 is 4.39 Å². The van der Waals surface area contributed by atoms with E-state index in [1.54, 1.807) is 12.1 Å². The molecule has 0 spiro atoms. The molecule has 1 aromatic rings. The van der Waals surface area contributed by atoms with E-state index in [1.165, 1.54) is 44.6 Å². The van der Waals surface area contributed by atoms with Crippen LogP contribution in [0.5, 0.6) is 0 Å². The summed E-state index contributed by atoms with van der Waals surface area (Å²) < 4.78 is 13.1. The van der Waals surface area contributed by atoms with Crippen LogP contribution in [-0.2, 0) is 0 Å². The second-order valence-electron chi connectivity index (χ2n) is 5.54. The molecule has 1 aliphatic carbocycles. The van der Waals surface area contributed by atoms with E-state index < -0.39 is 0 Å². The van der Waals surface area contributed by atoms with Gasteiger partial charge in [-0.25, -0.2) is 4.39 Å². The van der Waals surface area contributed by atoms with E-state index in [0.29, 0.717) is 0 Å². The molecule has 1 saturated carbocycles. The minimum Gasteiger partial charge on any atom is -0.310 e. The summed E-state index contributed by atoms with van der Waals surface area (Å²) in [5, 5.41) is 3.56. The van der Waals surface area contributed by atoms with Crippen molar-refractivity contribution in [2.75, 3.05) is 6.54 Å². The molecule has 0 bridgehead atoms. The lowest BCUT2D eigenvalue weighted by Gasteiger charge is -2.19. The molecule has 1 fully saturated rings. The average molecular weight is 249 g/mol. The molecule has 0 aromatic heterocycles. The smallest absolute Gasteiger partial charge is 0.123 e. The minimum absolute atomic E-state index is 0.143. The van der Waals surface area contributed by atoms with E-state index in [4.69, 9.17) is 0 Å². The van der Waals surface area contributed by atoms with Crippen LogP contribution < -0.4 is 5.32 Å². The van der Waals surface area contributed by atoms with Crippen molar-refractivity contribution in [3.05, 3.63) is 35.6 Å². The highest BCUT2D eigenvalue weighted by Gasteiger charge is 2.13. The highest BCUT2D eigenvalue weighted by molar-refractivity contribution is 5.19. The van der Waals surface area contributed by atoms with E-state index in [9.17, 15) is 4.39 Å².